The predicted octanol–water partition coefficient (Wildman–Crippen LogP) is 9.04. The quantitative estimate of drug-likeness (QED) is 0.165. The van der Waals surface area contributed by atoms with Crippen LogP contribution < -0.4 is 15.9 Å². The van der Waals surface area contributed by atoms with E-state index in [2.05, 4.69) is 91.0 Å². The molecule has 0 aromatic heterocycles. The van der Waals surface area contributed by atoms with E-state index in [1.807, 2.05) is 60.7 Å². The molecular weight excluding hydrogens is 503 g/mol. The van der Waals surface area contributed by atoms with E-state index in [1.165, 1.54) is 37.9 Å². The van der Waals surface area contributed by atoms with Gasteiger partial charge in [0.05, 0.1) is 0 Å². The van der Waals surface area contributed by atoms with Crippen LogP contribution in [0, 0.1) is 0 Å². The molecule has 0 aliphatic carbocycles. The van der Waals surface area contributed by atoms with Crippen molar-refractivity contribution in [3.63, 3.8) is 0 Å². The van der Waals surface area contributed by atoms with Gasteiger partial charge in [0.2, 0.25) is 0 Å². The van der Waals surface area contributed by atoms with Gasteiger partial charge in [0.1, 0.15) is 0 Å². The lowest BCUT2D eigenvalue weighted by Gasteiger charge is -2.23. The summed E-state index contributed by atoms with van der Waals surface area (Å²) in [7, 11) is -3.13. The van der Waals surface area contributed by atoms with Gasteiger partial charge in [-0.25, -0.2) is 0 Å². The molecule has 0 saturated heterocycles. The Morgan fingerprint density at radius 3 is 1.52 bits per heavy atom. The monoisotopic (exact) mass is 528 g/mol. The van der Waals surface area contributed by atoms with Gasteiger partial charge in [-0.05, 0) is 60.3 Å². The van der Waals surface area contributed by atoms with Crippen molar-refractivity contribution in [3.8, 4) is 11.1 Å². The number of hydrogen-bond acceptors (Lipinski definition) is 1. The fourth-order valence-electron chi connectivity index (χ4n) is 6.47. The molecule has 40 heavy (non-hydrogen) atoms. The van der Waals surface area contributed by atoms with E-state index in [0.717, 1.165) is 32.2 Å². The third-order valence-electron chi connectivity index (χ3n) is 8.30. The summed E-state index contributed by atoms with van der Waals surface area (Å²) in [5.41, 5.74) is 2.35. The second-order valence-electron chi connectivity index (χ2n) is 10.4. The molecule has 8 aromatic carbocycles. The van der Waals surface area contributed by atoms with E-state index in [-0.39, 0.29) is 0 Å². The van der Waals surface area contributed by atoms with Gasteiger partial charge in [-0.1, -0.05) is 146 Å². The van der Waals surface area contributed by atoms with Crippen LogP contribution in [0.2, 0.25) is 0 Å². The van der Waals surface area contributed by atoms with Crippen LogP contribution in [0.25, 0.3) is 54.2 Å². The molecule has 188 valence electrons. The van der Waals surface area contributed by atoms with E-state index in [4.69, 9.17) is 0 Å². The smallest absolute Gasteiger partial charge is 0.171 e. The van der Waals surface area contributed by atoms with E-state index < -0.39 is 7.14 Å². The fourth-order valence-corrected chi connectivity index (χ4v) is 9.32. The van der Waals surface area contributed by atoms with Crippen LogP contribution in [-0.2, 0) is 4.57 Å². The summed E-state index contributed by atoms with van der Waals surface area (Å²) in [5, 5.41) is 12.4. The van der Waals surface area contributed by atoms with Crippen molar-refractivity contribution in [2.75, 3.05) is 0 Å². The maximum Gasteiger partial charge on any atom is 0.171 e. The lowest BCUT2D eigenvalue weighted by Crippen LogP contribution is -2.25. The minimum atomic E-state index is -3.13. The summed E-state index contributed by atoms with van der Waals surface area (Å²) < 4.78 is 15.3. The molecule has 0 radical (unpaired) electrons. The average Bonchev–Trinajstić information content (AvgIpc) is 3.03. The highest BCUT2D eigenvalue weighted by molar-refractivity contribution is 7.85. The summed E-state index contributed by atoms with van der Waals surface area (Å²) in [5.74, 6) is 0. The first kappa shape index (κ1) is 23.2. The largest absolute Gasteiger partial charge is 0.309 e. The normalized spacial score (nSPS) is 12.1. The topological polar surface area (TPSA) is 17.1 Å². The third kappa shape index (κ3) is 3.32. The van der Waals surface area contributed by atoms with Crippen molar-refractivity contribution < 1.29 is 4.57 Å². The van der Waals surface area contributed by atoms with Gasteiger partial charge >= 0.3 is 0 Å². The molecule has 0 spiro atoms. The van der Waals surface area contributed by atoms with Crippen LogP contribution in [0.4, 0.5) is 0 Å². The molecule has 8 aromatic rings. The van der Waals surface area contributed by atoms with Gasteiger partial charge < -0.3 is 4.57 Å². The number of hydrogen-bond donors (Lipinski definition) is 0. The Morgan fingerprint density at radius 1 is 0.350 bits per heavy atom. The minimum absolute atomic E-state index is 0.849. The minimum Gasteiger partial charge on any atom is -0.309 e. The third-order valence-corrected chi connectivity index (χ3v) is 11.4. The molecule has 2 heteroatoms. The van der Waals surface area contributed by atoms with Crippen LogP contribution in [0.1, 0.15) is 0 Å². The number of fused-ring (bicyclic) bond motifs is 1. The zero-order valence-electron chi connectivity index (χ0n) is 21.8. The Kier molecular flexibility index (Phi) is 5.17. The highest BCUT2D eigenvalue weighted by Crippen LogP contribution is 2.46. The van der Waals surface area contributed by atoms with Gasteiger partial charge in [-0.2, -0.15) is 0 Å². The maximum atomic E-state index is 15.3. The molecular formula is C38H25OP. The van der Waals surface area contributed by atoms with Crippen molar-refractivity contribution in [1.29, 1.82) is 0 Å². The molecule has 0 fully saturated rings. The molecule has 0 atom stereocenters. The summed E-state index contributed by atoms with van der Waals surface area (Å²) >= 11 is 0. The molecule has 0 bridgehead atoms. The molecule has 0 aliphatic rings. The van der Waals surface area contributed by atoms with Crippen molar-refractivity contribution >= 4 is 66.1 Å². The summed E-state index contributed by atoms with van der Waals surface area (Å²) in [6, 6.07) is 52.6. The summed E-state index contributed by atoms with van der Waals surface area (Å²) in [4.78, 5) is 0. The van der Waals surface area contributed by atoms with Gasteiger partial charge in [0, 0.05) is 15.9 Å². The van der Waals surface area contributed by atoms with Crippen LogP contribution in [0.3, 0.4) is 0 Å². The highest BCUT2D eigenvalue weighted by Gasteiger charge is 2.31. The first-order valence-corrected chi connectivity index (χ1v) is 15.3. The van der Waals surface area contributed by atoms with Crippen molar-refractivity contribution in [3.05, 3.63) is 152 Å². The van der Waals surface area contributed by atoms with Crippen LogP contribution in [0.15, 0.2) is 152 Å². The Bertz CT molecular complexity index is 2170. The Balaban J connectivity index is 1.44. The van der Waals surface area contributed by atoms with Gasteiger partial charge in [0.25, 0.3) is 0 Å². The van der Waals surface area contributed by atoms with Gasteiger partial charge in [-0.15, -0.1) is 0 Å². The molecule has 0 unspecified atom stereocenters. The zero-order chi connectivity index (χ0) is 26.7. The lowest BCUT2D eigenvalue weighted by atomic mass is 9.88. The molecule has 0 heterocycles. The Morgan fingerprint density at radius 2 is 0.850 bits per heavy atom. The van der Waals surface area contributed by atoms with Crippen molar-refractivity contribution in [2.24, 2.45) is 0 Å². The average molecular weight is 529 g/mol. The Labute approximate surface area is 233 Å². The van der Waals surface area contributed by atoms with Crippen LogP contribution >= 0.6 is 7.14 Å². The fraction of sp³-hybridized carbons (Fsp3) is 0. The lowest BCUT2D eigenvalue weighted by molar-refractivity contribution is 0.592. The van der Waals surface area contributed by atoms with E-state index in [0.29, 0.717) is 0 Å². The first-order valence-electron chi connectivity index (χ1n) is 13.6. The van der Waals surface area contributed by atoms with Crippen molar-refractivity contribution in [2.45, 2.75) is 0 Å². The van der Waals surface area contributed by atoms with Gasteiger partial charge in [0.15, 0.2) is 7.14 Å². The summed E-state index contributed by atoms with van der Waals surface area (Å²) in [6.07, 6.45) is 0. The highest BCUT2D eigenvalue weighted by atomic mass is 31.2. The van der Waals surface area contributed by atoms with E-state index >= 15 is 4.57 Å². The second kappa shape index (κ2) is 8.91. The zero-order valence-corrected chi connectivity index (χ0v) is 22.7. The van der Waals surface area contributed by atoms with Crippen molar-refractivity contribution in [1.82, 2.24) is 0 Å². The number of rotatable bonds is 4. The molecule has 8 rings (SSSR count). The Hall–Kier alpha value is -4.71. The molecule has 0 aliphatic heterocycles. The second-order valence-corrected chi connectivity index (χ2v) is 13.2. The maximum absolute atomic E-state index is 15.3. The summed E-state index contributed by atoms with van der Waals surface area (Å²) in [6.45, 7) is 0. The standard InChI is InChI=1S/C38H25OP/c39-40(29-12-3-1-4-13-29,30-14-5-2-6-15-30)36-25-24-32(31-16-7-8-17-34(31)36)33-22-20-28-19-18-26-10-9-11-27-21-23-35(33)38(28)37(26)27/h1-25H. The van der Waals surface area contributed by atoms with Crippen LogP contribution in [0.5, 0.6) is 0 Å². The molecule has 0 saturated carbocycles. The van der Waals surface area contributed by atoms with Gasteiger partial charge in [-0.3, -0.25) is 0 Å². The molecule has 1 nitrogen and oxygen atoms in total. The van der Waals surface area contributed by atoms with E-state index in [9.17, 15) is 0 Å². The van der Waals surface area contributed by atoms with E-state index in [1.54, 1.807) is 0 Å². The predicted molar refractivity (Wildman–Crippen MR) is 172 cm³/mol. The number of benzene rings is 8. The first-order chi connectivity index (χ1) is 19.7. The SMILES string of the molecule is O=P(c1ccccc1)(c1ccccc1)c1ccc(-c2ccc3ccc4cccc5ccc2c3c45)c2ccccc12. The molecule has 0 amide bonds. The van der Waals surface area contributed by atoms with Crippen LogP contribution in [-0.4, -0.2) is 0 Å². The molecule has 0 N–H and O–H groups in total.